The van der Waals surface area contributed by atoms with Gasteiger partial charge in [0.15, 0.2) is 0 Å². The first-order chi connectivity index (χ1) is 15.6. The summed E-state index contributed by atoms with van der Waals surface area (Å²) >= 11 is 0. The van der Waals surface area contributed by atoms with Crippen LogP contribution in [-0.4, -0.2) is 26.5 Å². The van der Waals surface area contributed by atoms with Gasteiger partial charge in [-0.1, -0.05) is 30.3 Å². The van der Waals surface area contributed by atoms with Crippen molar-refractivity contribution in [2.75, 3.05) is 7.11 Å². The van der Waals surface area contributed by atoms with Crippen LogP contribution >= 0.6 is 0 Å². The van der Waals surface area contributed by atoms with Gasteiger partial charge in [0.05, 0.1) is 29.5 Å². The monoisotopic (exact) mass is 424 g/mol. The van der Waals surface area contributed by atoms with Crippen molar-refractivity contribution in [3.05, 3.63) is 83.4 Å². The fourth-order valence-corrected chi connectivity index (χ4v) is 4.14. The number of ether oxygens (including phenoxy) is 2. The van der Waals surface area contributed by atoms with Crippen molar-refractivity contribution >= 4 is 16.6 Å². The number of aromatic nitrogens is 4. The number of fused-ring (bicyclic) bond motifs is 3. The van der Waals surface area contributed by atoms with Crippen LogP contribution in [0.3, 0.4) is 0 Å². The maximum absolute atomic E-state index is 6.14. The molecule has 5 rings (SSSR count). The smallest absolute Gasteiger partial charge is 0.150 e. The fraction of sp³-hybridized carbons (Fsp3) is 0.192. The number of rotatable bonds is 5. The van der Waals surface area contributed by atoms with Crippen LogP contribution in [-0.2, 0) is 6.61 Å². The third kappa shape index (κ3) is 3.34. The molecule has 0 unspecified atom stereocenters. The lowest BCUT2D eigenvalue weighted by Crippen LogP contribution is -2.02. The third-order valence-electron chi connectivity index (χ3n) is 5.66. The second-order valence-corrected chi connectivity index (χ2v) is 7.81. The van der Waals surface area contributed by atoms with E-state index in [4.69, 9.17) is 19.4 Å². The molecule has 0 aliphatic carbocycles. The number of imidazole rings is 1. The number of hydrogen-bond donors (Lipinski definition) is 0. The maximum atomic E-state index is 6.14. The van der Waals surface area contributed by atoms with Gasteiger partial charge in [-0.05, 0) is 38.5 Å². The van der Waals surface area contributed by atoms with Gasteiger partial charge in [0.1, 0.15) is 29.4 Å². The molecule has 0 spiro atoms. The number of pyridine rings is 1. The second kappa shape index (κ2) is 7.96. The van der Waals surface area contributed by atoms with Gasteiger partial charge in [-0.2, -0.15) is 0 Å². The normalized spacial score (nSPS) is 11.2. The summed E-state index contributed by atoms with van der Waals surface area (Å²) in [4.78, 5) is 14.2. The van der Waals surface area contributed by atoms with Crippen molar-refractivity contribution in [3.8, 4) is 22.9 Å². The van der Waals surface area contributed by atoms with Crippen molar-refractivity contribution in [1.29, 1.82) is 0 Å². The lowest BCUT2D eigenvalue weighted by molar-refractivity contribution is 0.304. The van der Waals surface area contributed by atoms with E-state index in [2.05, 4.69) is 9.38 Å². The van der Waals surface area contributed by atoms with Gasteiger partial charge in [-0.25, -0.2) is 9.97 Å². The number of hydrogen-bond acceptors (Lipinski definition) is 5. The first-order valence-electron chi connectivity index (χ1n) is 10.5. The molecule has 6 heteroatoms. The molecule has 3 heterocycles. The van der Waals surface area contributed by atoms with Crippen molar-refractivity contribution in [2.24, 2.45) is 0 Å². The minimum absolute atomic E-state index is 0.468. The van der Waals surface area contributed by atoms with E-state index >= 15 is 0 Å². The van der Waals surface area contributed by atoms with Crippen LogP contribution in [0.1, 0.15) is 22.6 Å². The minimum atomic E-state index is 0.468. The summed E-state index contributed by atoms with van der Waals surface area (Å²) < 4.78 is 14.0. The minimum Gasteiger partial charge on any atom is -0.494 e. The van der Waals surface area contributed by atoms with Crippen molar-refractivity contribution < 1.29 is 9.47 Å². The molecule has 0 N–H and O–H groups in total. The SMILES string of the molecule is COc1cc(OCc2ccccc2)cc2c1nc(C)c1c(C)nc(-c3cccnc3C)n12. The topological polar surface area (TPSA) is 61.5 Å². The Bertz CT molecular complexity index is 1440. The van der Waals surface area contributed by atoms with Crippen LogP contribution in [0.5, 0.6) is 11.5 Å². The molecular formula is C26H24N4O2. The van der Waals surface area contributed by atoms with Crippen LogP contribution < -0.4 is 9.47 Å². The highest BCUT2D eigenvalue weighted by molar-refractivity contribution is 5.89. The number of benzene rings is 2. The Hall–Kier alpha value is -3.93. The van der Waals surface area contributed by atoms with Crippen molar-refractivity contribution in [3.63, 3.8) is 0 Å². The average Bonchev–Trinajstić information content (AvgIpc) is 3.16. The molecule has 0 saturated carbocycles. The molecule has 2 aromatic carbocycles. The van der Waals surface area contributed by atoms with Gasteiger partial charge in [0.25, 0.3) is 0 Å². The fourth-order valence-electron chi connectivity index (χ4n) is 4.14. The molecule has 0 radical (unpaired) electrons. The summed E-state index contributed by atoms with van der Waals surface area (Å²) in [6, 6.07) is 18.0. The van der Waals surface area contributed by atoms with E-state index in [0.29, 0.717) is 18.1 Å². The van der Waals surface area contributed by atoms with Crippen molar-refractivity contribution in [2.45, 2.75) is 27.4 Å². The van der Waals surface area contributed by atoms with Crippen LogP contribution in [0.25, 0.3) is 27.9 Å². The van der Waals surface area contributed by atoms with Gasteiger partial charge in [-0.15, -0.1) is 0 Å². The maximum Gasteiger partial charge on any atom is 0.150 e. The van der Waals surface area contributed by atoms with Gasteiger partial charge in [0, 0.05) is 29.6 Å². The van der Waals surface area contributed by atoms with E-state index in [1.807, 2.05) is 75.4 Å². The summed E-state index contributed by atoms with van der Waals surface area (Å²) in [6.07, 6.45) is 1.80. The average molecular weight is 425 g/mol. The molecule has 3 aromatic heterocycles. The molecule has 6 nitrogen and oxygen atoms in total. The first kappa shape index (κ1) is 20.0. The summed E-state index contributed by atoms with van der Waals surface area (Å²) in [5.41, 5.74) is 7.46. The highest BCUT2D eigenvalue weighted by Gasteiger charge is 2.20. The quantitative estimate of drug-likeness (QED) is 0.375. The highest BCUT2D eigenvalue weighted by atomic mass is 16.5. The predicted octanol–water partition coefficient (Wildman–Crippen LogP) is 5.46. The Kier molecular flexibility index (Phi) is 4.98. The number of aryl methyl sites for hydroxylation is 3. The molecule has 0 aliphatic heterocycles. The predicted molar refractivity (Wildman–Crippen MR) is 125 cm³/mol. The Labute approximate surface area is 186 Å². The molecule has 0 amide bonds. The molecule has 0 atom stereocenters. The zero-order valence-corrected chi connectivity index (χ0v) is 18.6. The van der Waals surface area contributed by atoms with E-state index < -0.39 is 0 Å². The van der Waals surface area contributed by atoms with Crippen LogP contribution in [0.4, 0.5) is 0 Å². The molecule has 0 bridgehead atoms. The number of nitrogens with zero attached hydrogens (tertiary/aromatic N) is 4. The summed E-state index contributed by atoms with van der Waals surface area (Å²) in [5, 5.41) is 0. The molecule has 5 aromatic rings. The van der Waals surface area contributed by atoms with E-state index in [1.165, 1.54) is 0 Å². The van der Waals surface area contributed by atoms with E-state index in [9.17, 15) is 0 Å². The lowest BCUT2D eigenvalue weighted by atomic mass is 10.2. The molecule has 0 saturated heterocycles. The summed E-state index contributed by atoms with van der Waals surface area (Å²) in [5.74, 6) is 2.21. The molecular weight excluding hydrogens is 400 g/mol. The molecule has 160 valence electrons. The van der Waals surface area contributed by atoms with Crippen LogP contribution in [0.15, 0.2) is 60.8 Å². The molecule has 32 heavy (non-hydrogen) atoms. The number of methoxy groups -OCH3 is 1. The van der Waals surface area contributed by atoms with Crippen LogP contribution in [0, 0.1) is 20.8 Å². The molecule has 0 aliphatic rings. The van der Waals surface area contributed by atoms with Crippen molar-refractivity contribution in [1.82, 2.24) is 19.4 Å². The van der Waals surface area contributed by atoms with Crippen LogP contribution in [0.2, 0.25) is 0 Å². The van der Waals surface area contributed by atoms with E-state index in [1.54, 1.807) is 13.3 Å². The zero-order valence-electron chi connectivity index (χ0n) is 18.6. The van der Waals surface area contributed by atoms with E-state index in [0.717, 1.165) is 50.6 Å². The summed E-state index contributed by atoms with van der Waals surface area (Å²) in [6.45, 7) is 6.48. The Morgan fingerprint density at radius 2 is 1.66 bits per heavy atom. The van der Waals surface area contributed by atoms with E-state index in [-0.39, 0.29) is 0 Å². The van der Waals surface area contributed by atoms with Gasteiger partial charge in [0.2, 0.25) is 0 Å². The Morgan fingerprint density at radius 1 is 0.875 bits per heavy atom. The second-order valence-electron chi connectivity index (χ2n) is 7.81. The van der Waals surface area contributed by atoms with Gasteiger partial charge in [-0.3, -0.25) is 9.38 Å². The van der Waals surface area contributed by atoms with Gasteiger partial charge < -0.3 is 9.47 Å². The standard InChI is InChI=1S/C26H24N4O2/c1-16-21(11-8-12-27-16)26-29-18(3)25-17(2)28-24-22(30(25)26)13-20(14-23(24)31-4)32-15-19-9-6-5-7-10-19/h5-14H,15H2,1-4H3. The first-order valence-corrected chi connectivity index (χ1v) is 10.5. The molecule has 0 fully saturated rings. The lowest BCUT2D eigenvalue weighted by Gasteiger charge is -2.14. The summed E-state index contributed by atoms with van der Waals surface area (Å²) in [7, 11) is 1.66. The third-order valence-corrected chi connectivity index (χ3v) is 5.66. The zero-order chi connectivity index (χ0) is 22.2. The largest absolute Gasteiger partial charge is 0.494 e. The Balaban J connectivity index is 1.76. The Morgan fingerprint density at radius 3 is 2.41 bits per heavy atom. The van der Waals surface area contributed by atoms with Gasteiger partial charge >= 0.3 is 0 Å². The highest BCUT2D eigenvalue weighted by Crippen LogP contribution is 2.35.